The molecule has 84 valence electrons. The average Bonchev–Trinajstić information content (AvgIpc) is 2.68. The normalized spacial score (nSPS) is 24.0. The monoisotopic (exact) mass is 210 g/mol. The maximum atomic E-state index is 5.60. The van der Waals surface area contributed by atoms with Crippen LogP contribution in [0.3, 0.4) is 0 Å². The molecule has 1 aromatic heterocycles. The van der Waals surface area contributed by atoms with Crippen molar-refractivity contribution < 1.29 is 9.15 Å². The van der Waals surface area contributed by atoms with Crippen molar-refractivity contribution in [1.82, 2.24) is 5.43 Å². The van der Waals surface area contributed by atoms with E-state index >= 15 is 0 Å². The summed E-state index contributed by atoms with van der Waals surface area (Å²) >= 11 is 0. The Labute approximate surface area is 89.7 Å². The molecule has 0 aromatic carbocycles. The Bertz CT molecular complexity index is 305. The molecule has 0 bridgehead atoms. The summed E-state index contributed by atoms with van der Waals surface area (Å²) in [5.74, 6) is 6.96. The molecule has 1 aliphatic rings. The van der Waals surface area contributed by atoms with Gasteiger partial charge in [-0.25, -0.2) is 0 Å². The maximum absolute atomic E-state index is 5.60. The SMILES string of the molecule is Cc1cc(C(NN)C2CCCOC2)co1. The molecule has 0 spiro atoms. The molecule has 0 radical (unpaired) electrons. The number of nitrogens with one attached hydrogen (secondary N) is 1. The highest BCUT2D eigenvalue weighted by Crippen LogP contribution is 2.29. The van der Waals surface area contributed by atoms with Crippen molar-refractivity contribution in [2.75, 3.05) is 13.2 Å². The lowest BCUT2D eigenvalue weighted by molar-refractivity contribution is 0.0389. The largest absolute Gasteiger partial charge is 0.469 e. The van der Waals surface area contributed by atoms with Crippen molar-refractivity contribution in [3.8, 4) is 0 Å². The number of ether oxygens (including phenoxy) is 1. The van der Waals surface area contributed by atoms with Crippen LogP contribution in [0, 0.1) is 12.8 Å². The summed E-state index contributed by atoms with van der Waals surface area (Å²) in [5, 5.41) is 0. The van der Waals surface area contributed by atoms with Crippen molar-refractivity contribution in [2.45, 2.75) is 25.8 Å². The number of furan rings is 1. The summed E-state index contributed by atoms with van der Waals surface area (Å²) in [6.45, 7) is 3.59. The third-order valence-corrected chi connectivity index (χ3v) is 2.96. The number of hydrogen-bond donors (Lipinski definition) is 2. The smallest absolute Gasteiger partial charge is 0.101 e. The number of aryl methyl sites for hydroxylation is 1. The Balaban J connectivity index is 2.08. The van der Waals surface area contributed by atoms with Crippen molar-refractivity contribution in [2.24, 2.45) is 11.8 Å². The van der Waals surface area contributed by atoms with Crippen LogP contribution in [-0.2, 0) is 4.74 Å². The van der Waals surface area contributed by atoms with Gasteiger partial charge in [-0.05, 0) is 25.8 Å². The Morgan fingerprint density at radius 3 is 3.00 bits per heavy atom. The summed E-state index contributed by atoms with van der Waals surface area (Å²) in [6, 6.07) is 2.17. The van der Waals surface area contributed by atoms with Gasteiger partial charge in [0.05, 0.1) is 18.9 Å². The predicted molar refractivity (Wildman–Crippen MR) is 57.1 cm³/mol. The van der Waals surface area contributed by atoms with E-state index in [0.29, 0.717) is 5.92 Å². The van der Waals surface area contributed by atoms with Gasteiger partial charge in [0.1, 0.15) is 5.76 Å². The molecule has 2 atom stereocenters. The molecular weight excluding hydrogens is 192 g/mol. The van der Waals surface area contributed by atoms with Crippen molar-refractivity contribution >= 4 is 0 Å². The van der Waals surface area contributed by atoms with E-state index in [2.05, 4.69) is 5.43 Å². The second-order valence-electron chi connectivity index (χ2n) is 4.11. The number of hydrogen-bond acceptors (Lipinski definition) is 4. The van der Waals surface area contributed by atoms with E-state index in [0.717, 1.165) is 37.4 Å². The first-order valence-corrected chi connectivity index (χ1v) is 5.40. The molecule has 1 fully saturated rings. The minimum Gasteiger partial charge on any atom is -0.469 e. The maximum Gasteiger partial charge on any atom is 0.101 e. The Hall–Kier alpha value is -0.840. The molecule has 3 N–H and O–H groups in total. The second kappa shape index (κ2) is 4.79. The Morgan fingerprint density at radius 2 is 2.47 bits per heavy atom. The summed E-state index contributed by atoms with van der Waals surface area (Å²) in [4.78, 5) is 0. The third-order valence-electron chi connectivity index (χ3n) is 2.96. The van der Waals surface area contributed by atoms with E-state index in [9.17, 15) is 0 Å². The van der Waals surface area contributed by atoms with Crippen LogP contribution in [0.15, 0.2) is 16.7 Å². The lowest BCUT2D eigenvalue weighted by Gasteiger charge is -2.28. The zero-order valence-electron chi connectivity index (χ0n) is 9.03. The number of nitrogens with two attached hydrogens (primary N) is 1. The fourth-order valence-corrected chi connectivity index (χ4v) is 2.16. The van der Waals surface area contributed by atoms with E-state index in [1.165, 1.54) is 0 Å². The molecule has 4 heteroatoms. The van der Waals surface area contributed by atoms with E-state index < -0.39 is 0 Å². The highest BCUT2D eigenvalue weighted by molar-refractivity contribution is 5.17. The highest BCUT2D eigenvalue weighted by atomic mass is 16.5. The molecule has 2 unspecified atom stereocenters. The molecule has 2 heterocycles. The van der Waals surface area contributed by atoms with Gasteiger partial charge in [-0.3, -0.25) is 11.3 Å². The molecule has 0 aliphatic carbocycles. The van der Waals surface area contributed by atoms with Crippen molar-refractivity contribution in [3.63, 3.8) is 0 Å². The fraction of sp³-hybridized carbons (Fsp3) is 0.636. The lowest BCUT2D eigenvalue weighted by atomic mass is 9.90. The van der Waals surface area contributed by atoms with Crippen LogP contribution in [0.2, 0.25) is 0 Å². The topological polar surface area (TPSA) is 60.4 Å². The summed E-state index contributed by atoms with van der Waals surface area (Å²) in [6.07, 6.45) is 4.03. The van der Waals surface area contributed by atoms with E-state index in [1.54, 1.807) is 6.26 Å². The average molecular weight is 210 g/mol. The molecule has 15 heavy (non-hydrogen) atoms. The highest BCUT2D eigenvalue weighted by Gasteiger charge is 2.25. The van der Waals surface area contributed by atoms with Crippen molar-refractivity contribution in [3.05, 3.63) is 23.7 Å². The van der Waals surface area contributed by atoms with Crippen LogP contribution in [0.25, 0.3) is 0 Å². The van der Waals surface area contributed by atoms with Gasteiger partial charge in [0.25, 0.3) is 0 Å². The van der Waals surface area contributed by atoms with Gasteiger partial charge in [-0.15, -0.1) is 0 Å². The lowest BCUT2D eigenvalue weighted by Crippen LogP contribution is -2.37. The minimum absolute atomic E-state index is 0.141. The van der Waals surface area contributed by atoms with Gasteiger partial charge in [-0.2, -0.15) is 0 Å². The zero-order chi connectivity index (χ0) is 10.7. The molecule has 0 amide bonds. The molecule has 1 aliphatic heterocycles. The molecule has 1 aromatic rings. The van der Waals surface area contributed by atoms with Gasteiger partial charge in [-0.1, -0.05) is 0 Å². The first kappa shape index (κ1) is 10.7. The van der Waals surface area contributed by atoms with Gasteiger partial charge < -0.3 is 9.15 Å². The van der Waals surface area contributed by atoms with Crippen LogP contribution in [0.1, 0.15) is 30.2 Å². The van der Waals surface area contributed by atoms with Gasteiger partial charge in [0.2, 0.25) is 0 Å². The predicted octanol–water partition coefficient (Wildman–Crippen LogP) is 1.52. The fourth-order valence-electron chi connectivity index (χ4n) is 2.16. The van der Waals surface area contributed by atoms with Gasteiger partial charge in [0, 0.05) is 18.1 Å². The van der Waals surface area contributed by atoms with Crippen LogP contribution in [0.4, 0.5) is 0 Å². The molecule has 0 saturated carbocycles. The van der Waals surface area contributed by atoms with Gasteiger partial charge in [0.15, 0.2) is 0 Å². The zero-order valence-corrected chi connectivity index (χ0v) is 9.03. The molecular formula is C11H18N2O2. The standard InChI is InChI=1S/C11H18N2O2/c1-8-5-10(7-15-8)11(13-12)9-3-2-4-14-6-9/h5,7,9,11,13H,2-4,6,12H2,1H3. The Kier molecular flexibility index (Phi) is 3.41. The van der Waals surface area contributed by atoms with Crippen molar-refractivity contribution in [1.29, 1.82) is 0 Å². The first-order valence-electron chi connectivity index (χ1n) is 5.40. The van der Waals surface area contributed by atoms with Gasteiger partial charge >= 0.3 is 0 Å². The summed E-state index contributed by atoms with van der Waals surface area (Å²) in [5.41, 5.74) is 3.98. The first-order chi connectivity index (χ1) is 7.31. The number of rotatable bonds is 3. The summed E-state index contributed by atoms with van der Waals surface area (Å²) < 4.78 is 10.8. The summed E-state index contributed by atoms with van der Waals surface area (Å²) in [7, 11) is 0. The molecule has 2 rings (SSSR count). The van der Waals surface area contributed by atoms with Crippen LogP contribution in [0.5, 0.6) is 0 Å². The second-order valence-corrected chi connectivity index (χ2v) is 4.11. The van der Waals surface area contributed by atoms with E-state index in [-0.39, 0.29) is 6.04 Å². The Morgan fingerprint density at radius 1 is 1.60 bits per heavy atom. The van der Waals surface area contributed by atoms with Crippen LogP contribution < -0.4 is 11.3 Å². The number of hydrazine groups is 1. The quantitative estimate of drug-likeness (QED) is 0.586. The van der Waals surface area contributed by atoms with Crippen LogP contribution in [-0.4, -0.2) is 13.2 Å². The third kappa shape index (κ3) is 2.40. The molecule has 1 saturated heterocycles. The molecule has 4 nitrogen and oxygen atoms in total. The minimum atomic E-state index is 0.141. The van der Waals surface area contributed by atoms with E-state index in [4.69, 9.17) is 15.0 Å². The van der Waals surface area contributed by atoms with Crippen LogP contribution >= 0.6 is 0 Å². The van der Waals surface area contributed by atoms with E-state index in [1.807, 2.05) is 13.0 Å².